The Morgan fingerprint density at radius 1 is 1.31 bits per heavy atom. The number of carbonyl (C=O) groups is 1. The van der Waals surface area contributed by atoms with E-state index in [4.69, 9.17) is 4.74 Å². The molecule has 1 heterocycles. The molecule has 3 aliphatic rings. The molecule has 0 aromatic carbocycles. The fourth-order valence-electron chi connectivity index (χ4n) is 4.26. The van der Waals surface area contributed by atoms with Crippen LogP contribution < -0.4 is 5.32 Å². The van der Waals surface area contributed by atoms with E-state index in [0.29, 0.717) is 11.5 Å². The van der Waals surface area contributed by atoms with Gasteiger partial charge in [0.2, 0.25) is 5.92 Å². The van der Waals surface area contributed by atoms with Crippen molar-refractivity contribution in [3.8, 4) is 0 Å². The standard InChI is InChI=1S/C18H24F3N3O2/c1-17(4-3-5-17)13-14(10-8-18(20,21)9-10)23-24(2)15(13)22-16(25)26-12-6-11(19)7-12/h10-12H,3-9H2,1-2H3,(H,22,25). The van der Waals surface area contributed by atoms with Gasteiger partial charge in [0.1, 0.15) is 18.1 Å². The van der Waals surface area contributed by atoms with Crippen molar-refractivity contribution >= 4 is 11.9 Å². The molecule has 1 N–H and O–H groups in total. The molecule has 0 bridgehead atoms. The maximum Gasteiger partial charge on any atom is 0.413 e. The molecule has 1 amide bonds. The molecular formula is C18H24F3N3O2. The molecule has 3 aliphatic carbocycles. The van der Waals surface area contributed by atoms with E-state index in [1.807, 2.05) is 0 Å². The third-order valence-corrected chi connectivity index (χ3v) is 6.14. The third kappa shape index (κ3) is 2.97. The monoisotopic (exact) mass is 371 g/mol. The van der Waals surface area contributed by atoms with Gasteiger partial charge in [0.15, 0.2) is 0 Å². The van der Waals surface area contributed by atoms with Crippen LogP contribution in [0.1, 0.15) is 69.0 Å². The molecule has 0 saturated heterocycles. The van der Waals surface area contributed by atoms with E-state index in [1.54, 1.807) is 11.7 Å². The number of aromatic nitrogens is 2. The molecule has 0 atom stereocenters. The van der Waals surface area contributed by atoms with Crippen LogP contribution in [0.25, 0.3) is 0 Å². The highest BCUT2D eigenvalue weighted by molar-refractivity contribution is 5.85. The topological polar surface area (TPSA) is 56.2 Å². The minimum absolute atomic E-state index is 0.169. The van der Waals surface area contributed by atoms with E-state index < -0.39 is 24.3 Å². The van der Waals surface area contributed by atoms with Crippen molar-refractivity contribution in [2.45, 2.75) is 81.4 Å². The summed E-state index contributed by atoms with van der Waals surface area (Å²) in [4.78, 5) is 12.2. The van der Waals surface area contributed by atoms with Crippen LogP contribution in [0, 0.1) is 0 Å². The summed E-state index contributed by atoms with van der Waals surface area (Å²) in [6.07, 6.45) is 1.06. The first kappa shape index (κ1) is 17.7. The van der Waals surface area contributed by atoms with Gasteiger partial charge in [-0.3, -0.25) is 10.00 Å². The number of anilines is 1. The Labute approximate surface area is 150 Å². The molecule has 1 aromatic rings. The first-order valence-electron chi connectivity index (χ1n) is 9.24. The van der Waals surface area contributed by atoms with E-state index in [9.17, 15) is 18.0 Å². The van der Waals surface area contributed by atoms with Crippen molar-refractivity contribution in [1.29, 1.82) is 0 Å². The SMILES string of the molecule is Cn1nc(C2CC(F)(F)C2)c(C2(C)CCC2)c1NC(=O)OC1CC(F)C1. The lowest BCUT2D eigenvalue weighted by Crippen LogP contribution is -2.38. The number of hydrogen-bond acceptors (Lipinski definition) is 3. The molecule has 1 aromatic heterocycles. The van der Waals surface area contributed by atoms with Gasteiger partial charge in [-0.15, -0.1) is 0 Å². The van der Waals surface area contributed by atoms with Gasteiger partial charge < -0.3 is 4.74 Å². The van der Waals surface area contributed by atoms with E-state index in [0.717, 1.165) is 24.8 Å². The Kier molecular flexibility index (Phi) is 4.00. The van der Waals surface area contributed by atoms with Crippen LogP contribution in [0.2, 0.25) is 0 Å². The van der Waals surface area contributed by atoms with Gasteiger partial charge in [-0.2, -0.15) is 5.10 Å². The molecule has 26 heavy (non-hydrogen) atoms. The van der Waals surface area contributed by atoms with E-state index in [1.165, 1.54) is 0 Å². The van der Waals surface area contributed by atoms with Gasteiger partial charge in [0.05, 0.1) is 5.69 Å². The van der Waals surface area contributed by atoms with Gasteiger partial charge in [0, 0.05) is 44.2 Å². The summed E-state index contributed by atoms with van der Waals surface area (Å²) in [6.45, 7) is 2.09. The zero-order valence-corrected chi connectivity index (χ0v) is 15.0. The van der Waals surface area contributed by atoms with Crippen LogP contribution in [-0.4, -0.2) is 34.1 Å². The molecule has 0 aliphatic heterocycles. The van der Waals surface area contributed by atoms with Crippen LogP contribution in [0.5, 0.6) is 0 Å². The first-order valence-corrected chi connectivity index (χ1v) is 9.24. The van der Waals surface area contributed by atoms with E-state index in [2.05, 4.69) is 17.3 Å². The normalized spacial score (nSPS) is 29.3. The maximum atomic E-state index is 13.4. The Bertz CT molecular complexity index is 716. The molecule has 3 fully saturated rings. The lowest BCUT2D eigenvalue weighted by molar-refractivity contribution is -0.0880. The number of amides is 1. The lowest BCUT2D eigenvalue weighted by atomic mass is 9.63. The Hall–Kier alpha value is -1.73. The number of ether oxygens (including phenoxy) is 1. The molecule has 0 radical (unpaired) electrons. The predicted octanol–water partition coefficient (Wildman–Crippen LogP) is 4.42. The number of carbonyl (C=O) groups excluding carboxylic acids is 1. The summed E-state index contributed by atoms with van der Waals surface area (Å²) in [5.41, 5.74) is 1.36. The summed E-state index contributed by atoms with van der Waals surface area (Å²) in [5.74, 6) is -2.40. The molecule has 4 rings (SSSR count). The van der Waals surface area contributed by atoms with Crippen molar-refractivity contribution in [2.75, 3.05) is 5.32 Å². The van der Waals surface area contributed by atoms with Crippen LogP contribution in [0.4, 0.5) is 23.8 Å². The fourth-order valence-corrected chi connectivity index (χ4v) is 4.26. The molecule has 5 nitrogen and oxygen atoms in total. The second kappa shape index (κ2) is 5.89. The predicted molar refractivity (Wildman–Crippen MR) is 89.4 cm³/mol. The van der Waals surface area contributed by atoms with E-state index in [-0.39, 0.29) is 37.0 Å². The summed E-state index contributed by atoms with van der Waals surface area (Å²) in [7, 11) is 1.70. The average molecular weight is 371 g/mol. The van der Waals surface area contributed by atoms with Gasteiger partial charge in [-0.05, 0) is 18.3 Å². The van der Waals surface area contributed by atoms with Crippen molar-refractivity contribution in [2.24, 2.45) is 7.05 Å². The first-order chi connectivity index (χ1) is 12.2. The third-order valence-electron chi connectivity index (χ3n) is 6.14. The summed E-state index contributed by atoms with van der Waals surface area (Å²) >= 11 is 0. The Balaban J connectivity index is 1.57. The smallest absolute Gasteiger partial charge is 0.413 e. The molecule has 3 saturated carbocycles. The van der Waals surface area contributed by atoms with Crippen LogP contribution in [0.15, 0.2) is 0 Å². The molecular weight excluding hydrogens is 347 g/mol. The Morgan fingerprint density at radius 2 is 1.96 bits per heavy atom. The highest BCUT2D eigenvalue weighted by Crippen LogP contribution is 2.54. The molecule has 0 unspecified atom stereocenters. The maximum absolute atomic E-state index is 13.4. The van der Waals surface area contributed by atoms with Crippen LogP contribution >= 0.6 is 0 Å². The van der Waals surface area contributed by atoms with Crippen molar-refractivity contribution in [1.82, 2.24) is 9.78 Å². The zero-order valence-electron chi connectivity index (χ0n) is 15.0. The Morgan fingerprint density at radius 3 is 2.46 bits per heavy atom. The second-order valence-electron chi connectivity index (χ2n) is 8.33. The highest BCUT2D eigenvalue weighted by atomic mass is 19.3. The van der Waals surface area contributed by atoms with Gasteiger partial charge in [0.25, 0.3) is 0 Å². The summed E-state index contributed by atoms with van der Waals surface area (Å²) in [5, 5.41) is 7.22. The van der Waals surface area contributed by atoms with E-state index >= 15 is 0 Å². The number of aryl methyl sites for hydroxylation is 1. The second-order valence-corrected chi connectivity index (χ2v) is 8.33. The molecule has 144 valence electrons. The average Bonchev–Trinajstić information content (AvgIpc) is 2.78. The van der Waals surface area contributed by atoms with Crippen LogP contribution in [-0.2, 0) is 17.2 Å². The summed E-state index contributed by atoms with van der Waals surface area (Å²) in [6, 6.07) is 0. The van der Waals surface area contributed by atoms with Gasteiger partial charge in [-0.25, -0.2) is 18.0 Å². The largest absolute Gasteiger partial charge is 0.446 e. The van der Waals surface area contributed by atoms with Crippen LogP contribution in [0.3, 0.4) is 0 Å². The number of alkyl halides is 3. The summed E-state index contributed by atoms with van der Waals surface area (Å²) < 4.78 is 46.4. The number of nitrogens with one attached hydrogen (secondary N) is 1. The van der Waals surface area contributed by atoms with Crippen molar-refractivity contribution in [3.05, 3.63) is 11.3 Å². The fraction of sp³-hybridized carbons (Fsp3) is 0.778. The number of nitrogens with zero attached hydrogens (tertiary/aromatic N) is 2. The van der Waals surface area contributed by atoms with Crippen molar-refractivity contribution < 1.29 is 22.7 Å². The lowest BCUT2D eigenvalue weighted by Gasteiger charge is -2.42. The zero-order chi connectivity index (χ0) is 18.7. The molecule has 8 heteroatoms. The minimum Gasteiger partial charge on any atom is -0.446 e. The van der Waals surface area contributed by atoms with Gasteiger partial charge >= 0.3 is 6.09 Å². The number of halogens is 3. The molecule has 0 spiro atoms. The number of hydrogen-bond donors (Lipinski definition) is 1. The quantitative estimate of drug-likeness (QED) is 0.852. The highest BCUT2D eigenvalue weighted by Gasteiger charge is 2.50. The van der Waals surface area contributed by atoms with Crippen molar-refractivity contribution in [3.63, 3.8) is 0 Å². The number of rotatable bonds is 4. The minimum atomic E-state index is -2.63. The van der Waals surface area contributed by atoms with Gasteiger partial charge in [-0.1, -0.05) is 13.3 Å².